The lowest BCUT2D eigenvalue weighted by Crippen LogP contribution is -2.20. The van der Waals surface area contributed by atoms with Crippen LogP contribution in [-0.2, 0) is 11.3 Å². The number of halogens is 1. The minimum atomic E-state index is -0.208. The number of hydrogen-bond acceptors (Lipinski definition) is 4. The Morgan fingerprint density at radius 1 is 0.889 bits per heavy atom. The molecule has 2 heterocycles. The highest BCUT2D eigenvalue weighted by molar-refractivity contribution is 6.31. The average Bonchev–Trinajstić information content (AvgIpc) is 3.51. The fraction of sp³-hybridized carbons (Fsp3) is 0.133. The summed E-state index contributed by atoms with van der Waals surface area (Å²) in [7, 11) is 0. The molecule has 0 radical (unpaired) electrons. The van der Waals surface area contributed by atoms with Crippen LogP contribution in [0.25, 0.3) is 40.0 Å². The largest absolute Gasteiger partial charge is 0.457 e. The third-order valence-corrected chi connectivity index (χ3v) is 6.56. The lowest BCUT2D eigenvalue weighted by Gasteiger charge is -2.03. The van der Waals surface area contributed by atoms with Gasteiger partial charge in [-0.25, -0.2) is 4.98 Å². The van der Waals surface area contributed by atoms with E-state index in [1.807, 2.05) is 73.7 Å². The van der Waals surface area contributed by atoms with Gasteiger partial charge in [-0.3, -0.25) is 4.79 Å². The van der Waals surface area contributed by atoms with Crippen molar-refractivity contribution >= 4 is 34.7 Å². The molecular formula is C30H25ClN2O3. The molecule has 3 aromatic carbocycles. The Labute approximate surface area is 214 Å². The molecule has 0 spiro atoms. The lowest BCUT2D eigenvalue weighted by molar-refractivity contribution is -0.116. The molecule has 0 bridgehead atoms. The second-order valence-electron chi connectivity index (χ2n) is 8.84. The zero-order valence-electron chi connectivity index (χ0n) is 20.3. The maximum Gasteiger partial charge on any atom is 0.244 e. The van der Waals surface area contributed by atoms with E-state index >= 15 is 0 Å². The van der Waals surface area contributed by atoms with Crippen LogP contribution in [0.15, 0.2) is 81.6 Å². The zero-order chi connectivity index (χ0) is 25.2. The SMILES string of the molecule is Cc1cc2nc(-c3ccc(CNC(=O)/C=C/c4ccc(-c5ccc(C)c(Cl)c5)o4)cc3)oc2cc1C. The zero-order valence-corrected chi connectivity index (χ0v) is 21.0. The van der Waals surface area contributed by atoms with Gasteiger partial charge in [-0.15, -0.1) is 0 Å². The minimum absolute atomic E-state index is 0.208. The van der Waals surface area contributed by atoms with Gasteiger partial charge in [-0.2, -0.15) is 0 Å². The molecule has 0 aliphatic carbocycles. The molecule has 2 aromatic heterocycles. The van der Waals surface area contributed by atoms with Crippen molar-refractivity contribution in [2.24, 2.45) is 0 Å². The van der Waals surface area contributed by atoms with Gasteiger partial charge in [0.1, 0.15) is 17.0 Å². The number of hydrogen-bond donors (Lipinski definition) is 1. The van der Waals surface area contributed by atoms with Crippen LogP contribution in [0.1, 0.15) is 28.0 Å². The van der Waals surface area contributed by atoms with E-state index in [-0.39, 0.29) is 5.91 Å². The number of nitrogens with zero attached hydrogens (tertiary/aromatic N) is 1. The van der Waals surface area contributed by atoms with Gasteiger partial charge in [-0.1, -0.05) is 35.9 Å². The van der Waals surface area contributed by atoms with Gasteiger partial charge >= 0.3 is 0 Å². The highest BCUT2D eigenvalue weighted by Gasteiger charge is 2.10. The molecule has 5 rings (SSSR count). The summed E-state index contributed by atoms with van der Waals surface area (Å²) in [5.41, 5.74) is 7.75. The summed E-state index contributed by atoms with van der Waals surface area (Å²) in [6.45, 7) is 6.48. The number of aromatic nitrogens is 1. The van der Waals surface area contributed by atoms with Gasteiger partial charge in [0.25, 0.3) is 0 Å². The molecule has 0 atom stereocenters. The maximum atomic E-state index is 12.3. The van der Waals surface area contributed by atoms with Crippen LogP contribution in [0.4, 0.5) is 0 Å². The van der Waals surface area contributed by atoms with E-state index in [0.717, 1.165) is 33.4 Å². The topological polar surface area (TPSA) is 68.3 Å². The van der Waals surface area contributed by atoms with Crippen LogP contribution in [-0.4, -0.2) is 10.9 Å². The highest BCUT2D eigenvalue weighted by atomic mass is 35.5. The number of benzene rings is 3. The molecule has 1 amide bonds. The first-order chi connectivity index (χ1) is 17.4. The number of carbonyl (C=O) groups is 1. The second-order valence-corrected chi connectivity index (χ2v) is 9.24. The Balaban J connectivity index is 1.18. The Kier molecular flexibility index (Phi) is 6.49. The Bertz CT molecular complexity index is 1550. The van der Waals surface area contributed by atoms with E-state index in [0.29, 0.717) is 29.0 Å². The molecule has 0 aliphatic heterocycles. The number of furan rings is 1. The summed E-state index contributed by atoms with van der Waals surface area (Å²) in [4.78, 5) is 16.9. The molecule has 36 heavy (non-hydrogen) atoms. The summed E-state index contributed by atoms with van der Waals surface area (Å²) in [5.74, 6) is 1.66. The second kappa shape index (κ2) is 9.88. The molecular weight excluding hydrogens is 472 g/mol. The third-order valence-electron chi connectivity index (χ3n) is 6.15. The Hall–Kier alpha value is -4.09. The summed E-state index contributed by atoms with van der Waals surface area (Å²) in [6.07, 6.45) is 3.11. The van der Waals surface area contributed by atoms with Crippen LogP contribution in [0, 0.1) is 20.8 Å². The molecule has 0 fully saturated rings. The molecule has 180 valence electrons. The van der Waals surface area contributed by atoms with Crippen LogP contribution < -0.4 is 5.32 Å². The molecule has 0 saturated heterocycles. The van der Waals surface area contributed by atoms with Crippen molar-refractivity contribution in [2.75, 3.05) is 0 Å². The fourth-order valence-electron chi connectivity index (χ4n) is 3.82. The smallest absolute Gasteiger partial charge is 0.244 e. The number of oxazole rings is 1. The average molecular weight is 497 g/mol. The van der Waals surface area contributed by atoms with Crippen molar-refractivity contribution in [2.45, 2.75) is 27.3 Å². The molecule has 5 aromatic rings. The Morgan fingerprint density at radius 2 is 1.64 bits per heavy atom. The molecule has 0 saturated carbocycles. The summed E-state index contributed by atoms with van der Waals surface area (Å²) < 4.78 is 11.8. The van der Waals surface area contributed by atoms with Crippen molar-refractivity contribution in [3.8, 4) is 22.8 Å². The predicted octanol–water partition coefficient (Wildman–Crippen LogP) is 7.66. The van der Waals surface area contributed by atoms with Crippen molar-refractivity contribution in [3.05, 3.63) is 106 Å². The Morgan fingerprint density at radius 3 is 2.42 bits per heavy atom. The van der Waals surface area contributed by atoms with Gasteiger partial charge in [-0.05, 0) is 91.6 Å². The van der Waals surface area contributed by atoms with E-state index < -0.39 is 0 Å². The molecule has 0 unspecified atom stereocenters. The molecule has 5 nitrogen and oxygen atoms in total. The van der Waals surface area contributed by atoms with E-state index in [1.165, 1.54) is 17.2 Å². The normalized spacial score (nSPS) is 11.4. The monoisotopic (exact) mass is 496 g/mol. The number of nitrogens with one attached hydrogen (secondary N) is 1. The van der Waals surface area contributed by atoms with Gasteiger partial charge in [0.05, 0.1) is 0 Å². The maximum absolute atomic E-state index is 12.3. The number of carbonyl (C=O) groups excluding carboxylic acids is 1. The first-order valence-electron chi connectivity index (χ1n) is 11.6. The van der Waals surface area contributed by atoms with E-state index in [9.17, 15) is 4.79 Å². The standard InChI is InChI=1S/C30H25ClN2O3/c1-18-4-7-23(16-25(18)31)27-12-10-24(35-27)11-13-29(34)32-17-21-5-8-22(9-6-21)30-33-26-14-19(2)20(3)15-28(26)36-30/h4-16H,17H2,1-3H3,(H,32,34)/b13-11+. The fourth-order valence-corrected chi connectivity index (χ4v) is 4.00. The van der Waals surface area contributed by atoms with Crippen LogP contribution in [0.3, 0.4) is 0 Å². The highest BCUT2D eigenvalue weighted by Crippen LogP contribution is 2.28. The summed E-state index contributed by atoms with van der Waals surface area (Å²) in [5, 5.41) is 3.58. The van der Waals surface area contributed by atoms with Gasteiger partial charge in [0.15, 0.2) is 5.58 Å². The number of rotatable bonds is 6. The first-order valence-corrected chi connectivity index (χ1v) is 12.0. The quantitative estimate of drug-likeness (QED) is 0.245. The summed E-state index contributed by atoms with van der Waals surface area (Å²) >= 11 is 6.21. The van der Waals surface area contributed by atoms with E-state index in [1.54, 1.807) is 6.08 Å². The van der Waals surface area contributed by atoms with Crippen molar-refractivity contribution in [1.29, 1.82) is 0 Å². The minimum Gasteiger partial charge on any atom is -0.457 e. The van der Waals surface area contributed by atoms with Gasteiger partial charge in [0, 0.05) is 28.8 Å². The van der Waals surface area contributed by atoms with Crippen LogP contribution in [0.5, 0.6) is 0 Å². The van der Waals surface area contributed by atoms with Crippen molar-refractivity contribution < 1.29 is 13.6 Å². The van der Waals surface area contributed by atoms with Crippen LogP contribution >= 0.6 is 11.6 Å². The van der Waals surface area contributed by atoms with E-state index in [4.69, 9.17) is 20.4 Å². The number of fused-ring (bicyclic) bond motifs is 1. The van der Waals surface area contributed by atoms with Gasteiger partial charge in [0.2, 0.25) is 11.8 Å². The molecule has 6 heteroatoms. The van der Waals surface area contributed by atoms with Crippen molar-refractivity contribution in [3.63, 3.8) is 0 Å². The molecule has 1 N–H and O–H groups in total. The van der Waals surface area contributed by atoms with Gasteiger partial charge < -0.3 is 14.2 Å². The number of amides is 1. The van der Waals surface area contributed by atoms with Crippen molar-refractivity contribution in [1.82, 2.24) is 10.3 Å². The number of aryl methyl sites for hydroxylation is 3. The molecule has 0 aliphatic rings. The summed E-state index contributed by atoms with van der Waals surface area (Å²) in [6, 6.07) is 21.3. The van der Waals surface area contributed by atoms with Crippen LogP contribution in [0.2, 0.25) is 5.02 Å². The third kappa shape index (κ3) is 5.11. The lowest BCUT2D eigenvalue weighted by atomic mass is 10.1. The van der Waals surface area contributed by atoms with E-state index in [2.05, 4.69) is 24.1 Å². The first kappa shape index (κ1) is 23.6. The predicted molar refractivity (Wildman–Crippen MR) is 144 cm³/mol.